The normalized spacial score (nSPS) is 19.7. The lowest BCUT2D eigenvalue weighted by atomic mass is 10.0. The van der Waals surface area contributed by atoms with Crippen LogP contribution in [0.25, 0.3) is 11.0 Å². The first-order valence-electron chi connectivity index (χ1n) is 9.96. The summed E-state index contributed by atoms with van der Waals surface area (Å²) in [6.07, 6.45) is -2.81. The minimum atomic E-state index is -4.40. The van der Waals surface area contributed by atoms with Gasteiger partial charge in [-0.1, -0.05) is 35.5 Å². The van der Waals surface area contributed by atoms with Crippen LogP contribution in [-0.2, 0) is 17.5 Å². The van der Waals surface area contributed by atoms with E-state index in [1.807, 2.05) is 30.3 Å². The van der Waals surface area contributed by atoms with Crippen molar-refractivity contribution >= 4 is 16.9 Å². The van der Waals surface area contributed by atoms with Gasteiger partial charge in [0.15, 0.2) is 6.54 Å². The number of amides is 1. The van der Waals surface area contributed by atoms with Crippen molar-refractivity contribution in [1.29, 1.82) is 0 Å². The number of halogens is 3. The van der Waals surface area contributed by atoms with Gasteiger partial charge in [-0.3, -0.25) is 4.79 Å². The number of alkyl halides is 3. The zero-order valence-electron chi connectivity index (χ0n) is 16.3. The predicted octanol–water partition coefficient (Wildman–Crippen LogP) is 1.99. The van der Waals surface area contributed by atoms with Crippen LogP contribution in [0.15, 0.2) is 48.5 Å². The highest BCUT2D eigenvalue weighted by atomic mass is 19.4. The van der Waals surface area contributed by atoms with Gasteiger partial charge in [-0.05, 0) is 23.8 Å². The lowest BCUT2D eigenvalue weighted by Crippen LogP contribution is -3.14. The van der Waals surface area contributed by atoms with Gasteiger partial charge in [0.25, 0.3) is 5.91 Å². The summed E-state index contributed by atoms with van der Waals surface area (Å²) in [5.74, 6) is 0.0122. The van der Waals surface area contributed by atoms with Crippen molar-refractivity contribution in [2.24, 2.45) is 0 Å². The van der Waals surface area contributed by atoms with Crippen LogP contribution in [0, 0.1) is 0 Å². The van der Waals surface area contributed by atoms with Crippen molar-refractivity contribution in [3.05, 3.63) is 59.7 Å². The molecule has 2 N–H and O–H groups in total. The SMILES string of the molecule is O=C(C[NH+]1CCC(n2nnc3cc(C(F)(F)F)ccc32)CC1)NCc1ccccc1. The Bertz CT molecular complexity index is 1010. The Hall–Kier alpha value is -2.94. The van der Waals surface area contributed by atoms with E-state index in [2.05, 4.69) is 15.6 Å². The van der Waals surface area contributed by atoms with E-state index >= 15 is 0 Å². The summed E-state index contributed by atoms with van der Waals surface area (Å²) in [7, 11) is 0. The molecule has 1 saturated heterocycles. The van der Waals surface area contributed by atoms with Gasteiger partial charge in [0.2, 0.25) is 0 Å². The first-order valence-corrected chi connectivity index (χ1v) is 9.96. The maximum absolute atomic E-state index is 12.9. The van der Waals surface area contributed by atoms with Gasteiger partial charge in [-0.25, -0.2) is 4.68 Å². The molecule has 1 fully saturated rings. The number of nitrogens with zero attached hydrogens (tertiary/aromatic N) is 3. The summed E-state index contributed by atoms with van der Waals surface area (Å²) in [5.41, 5.74) is 1.20. The number of quaternary nitrogens is 1. The summed E-state index contributed by atoms with van der Waals surface area (Å²) in [4.78, 5) is 13.4. The minimum Gasteiger partial charge on any atom is -0.347 e. The molecule has 2 heterocycles. The molecule has 1 aliphatic heterocycles. The molecule has 1 amide bonds. The fourth-order valence-corrected chi connectivity index (χ4v) is 3.91. The Kier molecular flexibility index (Phi) is 5.72. The highest BCUT2D eigenvalue weighted by molar-refractivity contribution is 5.77. The number of piperidine rings is 1. The van der Waals surface area contributed by atoms with E-state index in [1.165, 1.54) is 11.0 Å². The molecule has 30 heavy (non-hydrogen) atoms. The van der Waals surface area contributed by atoms with Crippen molar-refractivity contribution in [2.45, 2.75) is 31.6 Å². The molecule has 158 valence electrons. The molecule has 4 rings (SSSR count). The number of hydrogen-bond acceptors (Lipinski definition) is 3. The van der Waals surface area contributed by atoms with E-state index in [0.717, 1.165) is 43.6 Å². The number of carbonyl (C=O) groups is 1. The number of hydrogen-bond donors (Lipinski definition) is 2. The monoisotopic (exact) mass is 418 g/mol. The van der Waals surface area contributed by atoms with Crippen LogP contribution in [0.2, 0.25) is 0 Å². The van der Waals surface area contributed by atoms with Gasteiger partial charge in [0.1, 0.15) is 5.52 Å². The van der Waals surface area contributed by atoms with Crippen LogP contribution in [-0.4, -0.2) is 40.5 Å². The summed E-state index contributed by atoms with van der Waals surface area (Å²) in [6, 6.07) is 13.4. The molecular formula is C21H23F3N5O+. The molecular weight excluding hydrogens is 395 g/mol. The largest absolute Gasteiger partial charge is 0.416 e. The molecule has 2 aromatic carbocycles. The highest BCUT2D eigenvalue weighted by Gasteiger charge is 2.32. The average Bonchev–Trinajstić information content (AvgIpc) is 3.16. The summed E-state index contributed by atoms with van der Waals surface area (Å²) < 4.78 is 40.4. The third-order valence-electron chi connectivity index (χ3n) is 5.55. The van der Waals surface area contributed by atoms with E-state index in [1.54, 1.807) is 4.68 Å². The van der Waals surface area contributed by atoms with Crippen molar-refractivity contribution < 1.29 is 22.9 Å². The Balaban J connectivity index is 1.31. The second kappa shape index (κ2) is 8.43. The Labute approximate surface area is 171 Å². The van der Waals surface area contributed by atoms with E-state index in [9.17, 15) is 18.0 Å². The maximum Gasteiger partial charge on any atom is 0.416 e. The topological polar surface area (TPSA) is 64.2 Å². The number of fused-ring (bicyclic) bond motifs is 1. The van der Waals surface area contributed by atoms with Crippen LogP contribution in [0.3, 0.4) is 0 Å². The van der Waals surface area contributed by atoms with Crippen LogP contribution in [0.4, 0.5) is 13.2 Å². The highest BCUT2D eigenvalue weighted by Crippen LogP contribution is 2.31. The number of likely N-dealkylation sites (tertiary alicyclic amines) is 1. The summed E-state index contributed by atoms with van der Waals surface area (Å²) >= 11 is 0. The molecule has 0 radical (unpaired) electrons. The molecule has 1 aromatic heterocycles. The van der Waals surface area contributed by atoms with Gasteiger partial charge in [0.05, 0.1) is 30.2 Å². The molecule has 0 spiro atoms. The molecule has 0 saturated carbocycles. The maximum atomic E-state index is 12.9. The number of rotatable bonds is 5. The van der Waals surface area contributed by atoms with Crippen molar-refractivity contribution in [1.82, 2.24) is 20.3 Å². The first-order chi connectivity index (χ1) is 14.4. The Morgan fingerprint density at radius 1 is 1.13 bits per heavy atom. The molecule has 0 aliphatic carbocycles. The van der Waals surface area contributed by atoms with E-state index < -0.39 is 11.7 Å². The molecule has 0 bridgehead atoms. The number of nitrogens with one attached hydrogen (secondary N) is 2. The van der Waals surface area contributed by atoms with Gasteiger partial charge >= 0.3 is 6.18 Å². The van der Waals surface area contributed by atoms with Crippen LogP contribution >= 0.6 is 0 Å². The first kappa shape index (κ1) is 20.3. The van der Waals surface area contributed by atoms with Gasteiger partial charge in [-0.15, -0.1) is 5.10 Å². The van der Waals surface area contributed by atoms with Crippen molar-refractivity contribution in [3.63, 3.8) is 0 Å². The molecule has 3 aromatic rings. The predicted molar refractivity (Wildman–Crippen MR) is 105 cm³/mol. The van der Waals surface area contributed by atoms with Gasteiger partial charge in [0, 0.05) is 19.4 Å². The Morgan fingerprint density at radius 2 is 1.87 bits per heavy atom. The van der Waals surface area contributed by atoms with E-state index in [0.29, 0.717) is 18.6 Å². The summed E-state index contributed by atoms with van der Waals surface area (Å²) in [6.45, 7) is 2.52. The zero-order valence-corrected chi connectivity index (χ0v) is 16.3. The van der Waals surface area contributed by atoms with Gasteiger partial charge in [-0.2, -0.15) is 13.2 Å². The lowest BCUT2D eigenvalue weighted by molar-refractivity contribution is -0.897. The fraction of sp³-hybridized carbons (Fsp3) is 0.381. The molecule has 0 unspecified atom stereocenters. The lowest BCUT2D eigenvalue weighted by Gasteiger charge is -2.29. The second-order valence-electron chi connectivity index (χ2n) is 7.66. The summed E-state index contributed by atoms with van der Waals surface area (Å²) in [5, 5.41) is 11.0. The van der Waals surface area contributed by atoms with Crippen molar-refractivity contribution in [2.75, 3.05) is 19.6 Å². The molecule has 9 heteroatoms. The quantitative estimate of drug-likeness (QED) is 0.666. The van der Waals surface area contributed by atoms with E-state index in [-0.39, 0.29) is 17.5 Å². The second-order valence-corrected chi connectivity index (χ2v) is 7.66. The molecule has 1 aliphatic rings. The standard InChI is InChI=1S/C21H22F3N5O/c22-21(23,24)16-6-7-19-18(12-16)26-27-29(19)17-8-10-28(11-9-17)14-20(30)25-13-15-4-2-1-3-5-15/h1-7,12,17H,8-11,13-14H2,(H,25,30)/p+1. The zero-order chi connectivity index (χ0) is 21.1. The average molecular weight is 418 g/mol. The molecule has 6 nitrogen and oxygen atoms in total. The Morgan fingerprint density at radius 3 is 2.57 bits per heavy atom. The number of benzene rings is 2. The third kappa shape index (κ3) is 4.62. The molecule has 0 atom stereocenters. The van der Waals surface area contributed by atoms with Crippen LogP contribution in [0.1, 0.15) is 30.0 Å². The third-order valence-corrected chi connectivity index (χ3v) is 5.55. The van der Waals surface area contributed by atoms with Crippen LogP contribution in [0.5, 0.6) is 0 Å². The van der Waals surface area contributed by atoms with Gasteiger partial charge < -0.3 is 10.2 Å². The number of aromatic nitrogens is 3. The minimum absolute atomic E-state index is 0.0122. The number of carbonyl (C=O) groups excluding carboxylic acids is 1. The van der Waals surface area contributed by atoms with E-state index in [4.69, 9.17) is 0 Å². The smallest absolute Gasteiger partial charge is 0.347 e. The fourth-order valence-electron chi connectivity index (χ4n) is 3.91. The van der Waals surface area contributed by atoms with Crippen molar-refractivity contribution in [3.8, 4) is 0 Å². The van der Waals surface area contributed by atoms with Crippen LogP contribution < -0.4 is 10.2 Å².